The van der Waals surface area contributed by atoms with Crippen molar-refractivity contribution in [3.05, 3.63) is 46.8 Å². The van der Waals surface area contributed by atoms with Crippen LogP contribution in [0.25, 0.3) is 0 Å². The van der Waals surface area contributed by atoms with Gasteiger partial charge < -0.3 is 14.7 Å². The lowest BCUT2D eigenvalue weighted by molar-refractivity contribution is 0.0744. The molecule has 128 valence electrons. The van der Waals surface area contributed by atoms with Crippen molar-refractivity contribution in [2.45, 2.75) is 39.5 Å². The summed E-state index contributed by atoms with van der Waals surface area (Å²) in [6.07, 6.45) is 0.233. The monoisotopic (exact) mass is 329 g/mol. The van der Waals surface area contributed by atoms with E-state index in [-0.39, 0.29) is 5.91 Å². The fourth-order valence-corrected chi connectivity index (χ4v) is 3.10. The number of methoxy groups -OCH3 is 1. The minimum Gasteiger partial charge on any atom is -0.496 e. The molecule has 0 bridgehead atoms. The Kier molecular flexibility index (Phi) is 4.57. The number of aromatic nitrogens is 2. The fourth-order valence-electron chi connectivity index (χ4n) is 3.10. The minimum absolute atomic E-state index is 0.000327. The van der Waals surface area contributed by atoms with Gasteiger partial charge in [0.25, 0.3) is 5.91 Å². The maximum absolute atomic E-state index is 13.0. The van der Waals surface area contributed by atoms with Crippen LogP contribution < -0.4 is 4.74 Å². The summed E-state index contributed by atoms with van der Waals surface area (Å²) in [5.74, 6) is 0.719. The lowest BCUT2D eigenvalue weighted by Crippen LogP contribution is -2.31. The van der Waals surface area contributed by atoms with Crippen molar-refractivity contribution in [3.63, 3.8) is 0 Å². The van der Waals surface area contributed by atoms with Gasteiger partial charge in [0.15, 0.2) is 0 Å². The first-order valence-corrected chi connectivity index (χ1v) is 8.19. The third-order valence-corrected chi connectivity index (χ3v) is 4.48. The summed E-state index contributed by atoms with van der Waals surface area (Å²) < 4.78 is 7.22. The van der Waals surface area contributed by atoms with Gasteiger partial charge in [-0.3, -0.25) is 9.48 Å². The van der Waals surface area contributed by atoms with Crippen LogP contribution in [-0.2, 0) is 13.1 Å². The molecule has 6 nitrogen and oxygen atoms in total. The third kappa shape index (κ3) is 3.01. The highest BCUT2D eigenvalue weighted by Gasteiger charge is 2.24. The Morgan fingerprint density at radius 1 is 1.38 bits per heavy atom. The molecule has 0 aliphatic carbocycles. The van der Waals surface area contributed by atoms with Gasteiger partial charge in [-0.15, -0.1) is 0 Å². The topological polar surface area (TPSA) is 67.6 Å². The molecule has 1 aliphatic rings. The molecule has 2 heterocycles. The van der Waals surface area contributed by atoms with Crippen molar-refractivity contribution in [1.29, 1.82) is 0 Å². The number of aryl methyl sites for hydroxylation is 1. The Morgan fingerprint density at radius 2 is 2.17 bits per heavy atom. The van der Waals surface area contributed by atoms with Crippen molar-refractivity contribution in [2.75, 3.05) is 13.7 Å². The van der Waals surface area contributed by atoms with Gasteiger partial charge in [0.2, 0.25) is 0 Å². The van der Waals surface area contributed by atoms with Crippen LogP contribution in [0.2, 0.25) is 0 Å². The van der Waals surface area contributed by atoms with Crippen LogP contribution in [0.4, 0.5) is 0 Å². The second-order valence-corrected chi connectivity index (χ2v) is 6.17. The van der Waals surface area contributed by atoms with Crippen LogP contribution in [0.15, 0.2) is 24.3 Å². The molecule has 0 saturated carbocycles. The number of hydrogen-bond donors (Lipinski definition) is 1. The maximum atomic E-state index is 13.0. The molecule has 0 saturated heterocycles. The summed E-state index contributed by atoms with van der Waals surface area (Å²) in [6.45, 7) is 5.53. The number of aliphatic hydroxyl groups is 1. The highest BCUT2D eigenvalue weighted by atomic mass is 16.5. The summed E-state index contributed by atoms with van der Waals surface area (Å²) in [5.41, 5.74) is 3.12. The molecule has 1 atom stereocenters. The van der Waals surface area contributed by atoms with E-state index in [1.165, 1.54) is 0 Å². The van der Waals surface area contributed by atoms with E-state index in [9.17, 15) is 9.90 Å². The SMILES string of the molecule is COc1cccc(C(=O)N2CCCn3nc(C(C)O)cc3C2)c1C. The van der Waals surface area contributed by atoms with Gasteiger partial charge in [0.05, 0.1) is 31.1 Å². The Labute approximate surface area is 141 Å². The lowest BCUT2D eigenvalue weighted by atomic mass is 10.1. The quantitative estimate of drug-likeness (QED) is 0.938. The molecule has 24 heavy (non-hydrogen) atoms. The molecule has 1 aromatic carbocycles. The van der Waals surface area contributed by atoms with Crippen molar-refractivity contribution < 1.29 is 14.6 Å². The average molecular weight is 329 g/mol. The van der Waals surface area contributed by atoms with Crippen LogP contribution in [0.1, 0.15) is 46.8 Å². The van der Waals surface area contributed by atoms with Crippen LogP contribution >= 0.6 is 0 Å². The first-order chi connectivity index (χ1) is 11.5. The summed E-state index contributed by atoms with van der Waals surface area (Å²) >= 11 is 0. The number of carbonyl (C=O) groups excluding carboxylic acids is 1. The molecule has 0 fully saturated rings. The highest BCUT2D eigenvalue weighted by Crippen LogP contribution is 2.24. The Balaban J connectivity index is 1.88. The first-order valence-electron chi connectivity index (χ1n) is 8.19. The second kappa shape index (κ2) is 6.65. The molecular formula is C18H23N3O3. The largest absolute Gasteiger partial charge is 0.496 e. The third-order valence-electron chi connectivity index (χ3n) is 4.48. The number of hydrogen-bond acceptors (Lipinski definition) is 4. The molecule has 0 radical (unpaired) electrons. The van der Waals surface area contributed by atoms with Gasteiger partial charge in [-0.05, 0) is 38.5 Å². The zero-order valence-corrected chi connectivity index (χ0v) is 14.3. The average Bonchev–Trinajstić information content (AvgIpc) is 2.87. The van der Waals surface area contributed by atoms with Gasteiger partial charge in [-0.25, -0.2) is 0 Å². The van der Waals surface area contributed by atoms with Crippen molar-refractivity contribution in [2.24, 2.45) is 0 Å². The molecule has 1 unspecified atom stereocenters. The minimum atomic E-state index is -0.603. The molecular weight excluding hydrogens is 306 g/mol. The zero-order chi connectivity index (χ0) is 17.3. The number of nitrogens with zero attached hydrogens (tertiary/aromatic N) is 3. The van der Waals surface area contributed by atoms with E-state index in [2.05, 4.69) is 5.10 Å². The van der Waals surface area contributed by atoms with Crippen LogP contribution in [0.3, 0.4) is 0 Å². The predicted octanol–water partition coefficient (Wildman–Crippen LogP) is 2.30. The Hall–Kier alpha value is -2.34. The fraction of sp³-hybridized carbons (Fsp3) is 0.444. The highest BCUT2D eigenvalue weighted by molar-refractivity contribution is 5.96. The number of carbonyl (C=O) groups is 1. The van der Waals surface area contributed by atoms with E-state index in [1.54, 1.807) is 14.0 Å². The second-order valence-electron chi connectivity index (χ2n) is 6.17. The van der Waals surface area contributed by atoms with E-state index in [0.29, 0.717) is 24.3 Å². The molecule has 1 aliphatic heterocycles. The van der Waals surface area contributed by atoms with Crippen molar-refractivity contribution in [3.8, 4) is 5.75 Å². The summed E-state index contributed by atoms with van der Waals surface area (Å²) in [7, 11) is 1.61. The van der Waals surface area contributed by atoms with E-state index in [0.717, 1.165) is 30.0 Å². The molecule has 2 aromatic rings. The van der Waals surface area contributed by atoms with Crippen molar-refractivity contribution in [1.82, 2.24) is 14.7 Å². The predicted molar refractivity (Wildman–Crippen MR) is 89.9 cm³/mol. The first kappa shape index (κ1) is 16.5. The number of ether oxygens (including phenoxy) is 1. The normalized spacial score (nSPS) is 15.6. The Bertz CT molecular complexity index is 752. The summed E-state index contributed by atoms with van der Waals surface area (Å²) in [6, 6.07) is 7.42. The number of rotatable bonds is 3. The van der Waals surface area contributed by atoms with Crippen LogP contribution in [0, 0.1) is 6.92 Å². The van der Waals surface area contributed by atoms with Crippen LogP contribution in [-0.4, -0.2) is 39.3 Å². The molecule has 1 aromatic heterocycles. The maximum Gasteiger partial charge on any atom is 0.254 e. The van der Waals surface area contributed by atoms with E-state index in [1.807, 2.05) is 40.8 Å². The number of fused-ring (bicyclic) bond motifs is 1. The number of benzene rings is 1. The standard InChI is InChI=1S/C18H23N3O3/c1-12-15(6-4-7-17(12)24-3)18(23)20-8-5-9-21-14(11-20)10-16(19-21)13(2)22/h4,6-7,10,13,22H,5,8-9,11H2,1-3H3. The van der Waals surface area contributed by atoms with E-state index in [4.69, 9.17) is 4.74 Å². The molecule has 0 spiro atoms. The van der Waals surface area contributed by atoms with Gasteiger partial charge in [-0.2, -0.15) is 5.10 Å². The molecule has 1 amide bonds. The van der Waals surface area contributed by atoms with E-state index >= 15 is 0 Å². The summed E-state index contributed by atoms with van der Waals surface area (Å²) in [5, 5.41) is 14.2. The smallest absolute Gasteiger partial charge is 0.254 e. The van der Waals surface area contributed by atoms with Gasteiger partial charge in [-0.1, -0.05) is 6.07 Å². The molecule has 3 rings (SSSR count). The summed E-state index contributed by atoms with van der Waals surface area (Å²) in [4.78, 5) is 14.8. The lowest BCUT2D eigenvalue weighted by Gasteiger charge is -2.21. The molecule has 1 N–H and O–H groups in total. The number of aliphatic hydroxyl groups excluding tert-OH is 1. The van der Waals surface area contributed by atoms with Crippen LogP contribution in [0.5, 0.6) is 5.75 Å². The Morgan fingerprint density at radius 3 is 2.88 bits per heavy atom. The van der Waals surface area contributed by atoms with Gasteiger partial charge in [0, 0.05) is 24.2 Å². The zero-order valence-electron chi connectivity index (χ0n) is 14.3. The van der Waals surface area contributed by atoms with Gasteiger partial charge >= 0.3 is 0 Å². The molecule has 6 heteroatoms. The number of amides is 1. The van der Waals surface area contributed by atoms with E-state index < -0.39 is 6.10 Å². The van der Waals surface area contributed by atoms with Crippen molar-refractivity contribution >= 4 is 5.91 Å². The van der Waals surface area contributed by atoms with Gasteiger partial charge in [0.1, 0.15) is 5.75 Å².